The maximum atomic E-state index is 12.9. The van der Waals surface area contributed by atoms with Gasteiger partial charge in [-0.15, -0.1) is 6.58 Å². The summed E-state index contributed by atoms with van der Waals surface area (Å²) in [5.74, 6) is 0.447. The number of pyridine rings is 1. The highest BCUT2D eigenvalue weighted by Crippen LogP contribution is 2.43. The number of piperidine rings is 3. The normalized spacial score (nSPS) is 25.3. The summed E-state index contributed by atoms with van der Waals surface area (Å²) in [5.41, 5.74) is 0.147. The minimum absolute atomic E-state index is 0.0320. The number of aromatic nitrogens is 1. The second-order valence-electron chi connectivity index (χ2n) is 9.41. The molecule has 2 aromatic rings. The van der Waals surface area contributed by atoms with Crippen molar-refractivity contribution in [2.24, 2.45) is 11.8 Å². The molecule has 0 saturated carbocycles. The Morgan fingerprint density at radius 3 is 2.79 bits per heavy atom. The minimum Gasteiger partial charge on any atom is -0.497 e. The quantitative estimate of drug-likeness (QED) is 0.616. The summed E-state index contributed by atoms with van der Waals surface area (Å²) in [7, 11) is 1.61. The van der Waals surface area contributed by atoms with Crippen molar-refractivity contribution in [1.82, 2.24) is 15.2 Å². The number of hydrogen-bond donors (Lipinski definition) is 2. The van der Waals surface area contributed by atoms with E-state index in [1.807, 2.05) is 30.3 Å². The van der Waals surface area contributed by atoms with Crippen LogP contribution in [0.2, 0.25) is 0 Å². The average molecular weight is 454 g/mol. The van der Waals surface area contributed by atoms with E-state index in [1.165, 1.54) is 13.8 Å². The molecule has 1 unspecified atom stereocenters. The van der Waals surface area contributed by atoms with Crippen LogP contribution in [0.5, 0.6) is 5.75 Å². The first-order chi connectivity index (χ1) is 15.7. The van der Waals surface area contributed by atoms with Gasteiger partial charge in [-0.1, -0.05) is 6.08 Å². The predicted molar refractivity (Wildman–Crippen MR) is 124 cm³/mol. The molecule has 2 N–H and O–H groups in total. The molecule has 0 aliphatic carbocycles. The molecular formula is C25H31N3O5. The Kier molecular flexibility index (Phi) is 6.30. The van der Waals surface area contributed by atoms with Crippen LogP contribution in [0.3, 0.4) is 0 Å². The highest BCUT2D eigenvalue weighted by atomic mass is 16.6. The molecule has 1 amide bonds. The van der Waals surface area contributed by atoms with Crippen LogP contribution < -0.4 is 10.1 Å². The van der Waals surface area contributed by atoms with Gasteiger partial charge in [0, 0.05) is 23.7 Å². The third-order valence-electron chi connectivity index (χ3n) is 6.98. The molecule has 8 nitrogen and oxygen atoms in total. The summed E-state index contributed by atoms with van der Waals surface area (Å²) in [6, 6.07) is 7.46. The number of carboxylic acids is 1. The fourth-order valence-electron chi connectivity index (χ4n) is 5.02. The van der Waals surface area contributed by atoms with E-state index in [2.05, 4.69) is 21.8 Å². The van der Waals surface area contributed by atoms with Crippen LogP contribution in [-0.4, -0.2) is 58.8 Å². The number of nitrogens with zero attached hydrogens (tertiary/aromatic N) is 2. The van der Waals surface area contributed by atoms with E-state index in [1.54, 1.807) is 13.3 Å². The molecule has 176 valence electrons. The van der Waals surface area contributed by atoms with Crippen LogP contribution in [0, 0.1) is 11.8 Å². The summed E-state index contributed by atoms with van der Waals surface area (Å²) >= 11 is 0. The minimum atomic E-state index is -1.45. The van der Waals surface area contributed by atoms with Crippen molar-refractivity contribution in [2.45, 2.75) is 44.4 Å². The van der Waals surface area contributed by atoms with Crippen LogP contribution in [-0.2, 0) is 9.53 Å². The van der Waals surface area contributed by atoms with E-state index in [0.717, 1.165) is 42.4 Å². The second-order valence-corrected chi connectivity index (χ2v) is 9.41. The topological polar surface area (TPSA) is 101 Å². The van der Waals surface area contributed by atoms with E-state index < -0.39 is 23.7 Å². The lowest BCUT2D eigenvalue weighted by Crippen LogP contribution is -2.56. The van der Waals surface area contributed by atoms with Crippen LogP contribution >= 0.6 is 0 Å². The van der Waals surface area contributed by atoms with E-state index in [9.17, 15) is 14.7 Å². The molecule has 0 radical (unpaired) electrons. The summed E-state index contributed by atoms with van der Waals surface area (Å²) in [4.78, 5) is 31.3. The van der Waals surface area contributed by atoms with E-state index in [0.29, 0.717) is 17.6 Å². The molecule has 0 spiro atoms. The molecule has 5 atom stereocenters. The fraction of sp³-hybridized carbons (Fsp3) is 0.480. The molecule has 2 bridgehead atoms. The lowest BCUT2D eigenvalue weighted by Gasteiger charge is -2.51. The van der Waals surface area contributed by atoms with Gasteiger partial charge in [0.25, 0.3) is 0 Å². The number of carbonyl (C=O) groups is 2. The van der Waals surface area contributed by atoms with Gasteiger partial charge in [0.2, 0.25) is 0 Å². The van der Waals surface area contributed by atoms with Crippen molar-refractivity contribution >= 4 is 23.0 Å². The number of amides is 1. The van der Waals surface area contributed by atoms with Gasteiger partial charge in [0.05, 0.1) is 18.7 Å². The first-order valence-electron chi connectivity index (χ1n) is 11.2. The zero-order chi connectivity index (χ0) is 23.8. The predicted octanol–water partition coefficient (Wildman–Crippen LogP) is 3.77. The third-order valence-corrected chi connectivity index (χ3v) is 6.98. The number of hydrogen-bond acceptors (Lipinski definition) is 6. The van der Waals surface area contributed by atoms with Crippen molar-refractivity contribution in [3.05, 3.63) is 48.7 Å². The van der Waals surface area contributed by atoms with Crippen LogP contribution in [0.15, 0.2) is 43.1 Å². The van der Waals surface area contributed by atoms with Crippen LogP contribution in [0.1, 0.15) is 38.4 Å². The largest absolute Gasteiger partial charge is 0.497 e. The van der Waals surface area contributed by atoms with E-state index in [-0.39, 0.29) is 6.04 Å². The highest BCUT2D eigenvalue weighted by Gasteiger charge is 2.44. The van der Waals surface area contributed by atoms with Gasteiger partial charge in [0.15, 0.2) is 0 Å². The van der Waals surface area contributed by atoms with Gasteiger partial charge >= 0.3 is 12.1 Å². The van der Waals surface area contributed by atoms with Gasteiger partial charge in [-0.05, 0) is 69.3 Å². The summed E-state index contributed by atoms with van der Waals surface area (Å²) in [5, 5.41) is 12.8. The van der Waals surface area contributed by atoms with Crippen LogP contribution in [0.25, 0.3) is 10.9 Å². The molecule has 3 aliphatic heterocycles. The van der Waals surface area contributed by atoms with Crippen molar-refractivity contribution in [2.75, 3.05) is 20.2 Å². The highest BCUT2D eigenvalue weighted by molar-refractivity contribution is 5.85. The molecule has 3 fully saturated rings. The first-order valence-corrected chi connectivity index (χ1v) is 11.2. The SMILES string of the molecule is C=C[C@@H]1CN2CC[C@H]1C[C@@H]2[C@@H](OC(=O)NC(C)(C)C(=O)O)c1ccnc2ccc(OC)cc12. The Labute approximate surface area is 193 Å². The average Bonchev–Trinajstić information content (AvgIpc) is 2.81. The van der Waals surface area contributed by atoms with Crippen LogP contribution in [0.4, 0.5) is 4.79 Å². The number of alkyl carbamates (subject to hydrolysis) is 1. The standard InChI is InChI=1S/C25H31N3O5/c1-5-15-14-28-11-9-16(15)12-21(28)22(33-24(31)27-25(2,3)23(29)30)18-8-10-26-20-7-6-17(32-4)13-19(18)20/h5-8,10,13,15-16,21-22H,1,9,11-12,14H2,2-4H3,(H,27,31)(H,29,30)/t15-,16+,21-,22+/m1/s1. The number of benzene rings is 1. The third kappa shape index (κ3) is 4.53. The molecule has 1 aromatic heterocycles. The molecule has 8 heteroatoms. The Morgan fingerprint density at radius 2 is 2.15 bits per heavy atom. The molecule has 1 aromatic carbocycles. The number of rotatable bonds is 7. The van der Waals surface area contributed by atoms with Gasteiger partial charge < -0.3 is 19.9 Å². The van der Waals surface area contributed by atoms with Gasteiger partial charge in [-0.2, -0.15) is 0 Å². The Balaban J connectivity index is 1.73. The van der Waals surface area contributed by atoms with Gasteiger partial charge in [-0.3, -0.25) is 9.88 Å². The van der Waals surface area contributed by atoms with E-state index in [4.69, 9.17) is 9.47 Å². The zero-order valence-corrected chi connectivity index (χ0v) is 19.3. The smallest absolute Gasteiger partial charge is 0.408 e. The molecule has 3 saturated heterocycles. The van der Waals surface area contributed by atoms with Gasteiger partial charge in [0.1, 0.15) is 17.4 Å². The Hall–Kier alpha value is -3.13. The summed E-state index contributed by atoms with van der Waals surface area (Å²) < 4.78 is 11.4. The number of ether oxygens (including phenoxy) is 2. The van der Waals surface area contributed by atoms with Crippen molar-refractivity contribution in [1.29, 1.82) is 0 Å². The number of methoxy groups -OCH3 is 1. The van der Waals surface area contributed by atoms with Crippen molar-refractivity contribution in [3.8, 4) is 5.75 Å². The number of carbonyl (C=O) groups excluding carboxylic acids is 1. The Bertz CT molecular complexity index is 1070. The first kappa shape index (κ1) is 23.0. The molecular weight excluding hydrogens is 422 g/mol. The Morgan fingerprint density at radius 1 is 1.36 bits per heavy atom. The van der Waals surface area contributed by atoms with Gasteiger partial charge in [-0.25, -0.2) is 9.59 Å². The monoisotopic (exact) mass is 453 g/mol. The zero-order valence-electron chi connectivity index (χ0n) is 19.3. The number of nitrogens with one attached hydrogen (secondary N) is 1. The maximum Gasteiger partial charge on any atom is 0.408 e. The molecule has 5 rings (SSSR count). The number of fused-ring (bicyclic) bond motifs is 4. The number of aliphatic carboxylic acids is 1. The number of carboxylic acid groups (broad SMARTS) is 1. The van der Waals surface area contributed by atoms with Crippen molar-refractivity contribution in [3.63, 3.8) is 0 Å². The second kappa shape index (κ2) is 9.02. The maximum absolute atomic E-state index is 12.9. The lowest BCUT2D eigenvalue weighted by atomic mass is 9.73. The fourth-order valence-corrected chi connectivity index (χ4v) is 5.02. The molecule has 4 heterocycles. The lowest BCUT2D eigenvalue weighted by molar-refractivity contribution is -0.143. The van der Waals surface area contributed by atoms with E-state index >= 15 is 0 Å². The summed E-state index contributed by atoms with van der Waals surface area (Å²) in [6.07, 6.45) is 4.33. The molecule has 3 aliphatic rings. The van der Waals surface area contributed by atoms with Crippen molar-refractivity contribution < 1.29 is 24.2 Å². The summed E-state index contributed by atoms with van der Waals surface area (Å²) in [6.45, 7) is 8.65. The molecule has 33 heavy (non-hydrogen) atoms.